The molecule has 1 nitrogen and oxygen atoms in total. The summed E-state index contributed by atoms with van der Waals surface area (Å²) in [7, 11) is 4.08. The molecule has 0 bridgehead atoms. The van der Waals surface area contributed by atoms with Crippen LogP contribution >= 0.6 is 33.0 Å². The van der Waals surface area contributed by atoms with Crippen LogP contribution in [0.3, 0.4) is 0 Å². The lowest BCUT2D eigenvalue weighted by Crippen LogP contribution is -1.82. The van der Waals surface area contributed by atoms with Crippen LogP contribution in [0.15, 0.2) is 30.3 Å². The fraction of sp³-hybridized carbons (Fsp3) is 0. The summed E-state index contributed by atoms with van der Waals surface area (Å²) in [6.45, 7) is 0. The van der Waals surface area contributed by atoms with E-state index in [0.29, 0.717) is 0 Å². The molecule has 0 unspecified atom stereocenters. The van der Waals surface area contributed by atoms with Crippen molar-refractivity contribution in [3.8, 4) is 0 Å². The summed E-state index contributed by atoms with van der Waals surface area (Å²) in [5.41, 5.74) is 0. The molecule has 0 saturated carbocycles. The fourth-order valence-electron chi connectivity index (χ4n) is 0.428. The van der Waals surface area contributed by atoms with E-state index in [4.69, 9.17) is 0 Å². The molecule has 1 rings (SSSR count). The molecule has 0 amide bonds. The van der Waals surface area contributed by atoms with Crippen LogP contribution in [0.5, 0.6) is 0 Å². The first-order chi connectivity index (χ1) is 4.81. The molecule has 54 valence electrons. The third-order valence-corrected chi connectivity index (χ3v) is 1.05. The fourth-order valence-corrected chi connectivity index (χ4v) is 0.600. The normalized spacial score (nSPS) is 7.90. The molecule has 4 heteroatoms. The van der Waals surface area contributed by atoms with Gasteiger partial charge >= 0.3 is 0 Å². The third-order valence-electron chi connectivity index (χ3n) is 0.756. The minimum Gasteiger partial charge on any atom is -0.166 e. The first-order valence-electron chi connectivity index (χ1n) is 2.44. The molecule has 0 spiro atoms. The molecule has 2 radical (unpaired) electrons. The van der Waals surface area contributed by atoms with E-state index in [1.807, 2.05) is 30.3 Å². The zero-order chi connectivity index (χ0) is 7.82. The van der Waals surface area contributed by atoms with Gasteiger partial charge in [0.15, 0.2) is 0 Å². The summed E-state index contributed by atoms with van der Waals surface area (Å²) in [6, 6.07) is 9.79. The van der Waals surface area contributed by atoms with E-state index in [2.05, 4.69) is 36.8 Å². The minimum atomic E-state index is 1.02. The van der Waals surface area contributed by atoms with Gasteiger partial charge in [0.1, 0.15) is 0 Å². The molecule has 1 aromatic carbocycles. The Morgan fingerprint density at radius 3 is 1.70 bits per heavy atom. The van der Waals surface area contributed by atoms with E-state index in [-0.39, 0.29) is 0 Å². The van der Waals surface area contributed by atoms with Gasteiger partial charge in [0.25, 0.3) is 0 Å². The molecule has 1 aromatic rings. The maximum atomic E-state index is 4.26. The van der Waals surface area contributed by atoms with Crippen molar-refractivity contribution in [1.29, 1.82) is 0 Å². The van der Waals surface area contributed by atoms with Crippen molar-refractivity contribution in [2.45, 2.75) is 0 Å². The van der Waals surface area contributed by atoms with Gasteiger partial charge in [-0.15, -0.1) is 0 Å². The Morgan fingerprint density at radius 2 is 1.50 bits per heavy atom. The Hall–Kier alpha value is 0.190. The third kappa shape index (κ3) is 6.31. The van der Waals surface area contributed by atoms with Gasteiger partial charge in [-0.3, -0.25) is 0 Å². The van der Waals surface area contributed by atoms with Crippen LogP contribution in [0.4, 0.5) is 0 Å². The standard InChI is InChI=1S/C6H5P.Cl2O/c7-6-4-2-1-3-5-6;1-3-2/h1-5H;. The SMILES string of the molecule is ClOCl.[P]c1ccccc1. The van der Waals surface area contributed by atoms with Gasteiger partial charge < -0.3 is 0 Å². The van der Waals surface area contributed by atoms with Gasteiger partial charge in [-0.25, -0.2) is 0 Å². The maximum Gasteiger partial charge on any atom is 0.0832 e. The Kier molecular flexibility index (Phi) is 7.44. The number of hydrogen-bond acceptors (Lipinski definition) is 1. The van der Waals surface area contributed by atoms with E-state index in [1.165, 1.54) is 0 Å². The largest absolute Gasteiger partial charge is 0.166 e. The average Bonchev–Trinajstić information content (AvgIpc) is 1.91. The van der Waals surface area contributed by atoms with Gasteiger partial charge in [-0.1, -0.05) is 30.3 Å². The van der Waals surface area contributed by atoms with Crippen molar-refractivity contribution in [3.05, 3.63) is 30.3 Å². The molecular formula is C6H5Cl2OP. The molecule has 0 fully saturated rings. The quantitative estimate of drug-likeness (QED) is 0.578. The molecule has 0 aliphatic heterocycles. The number of hydrogen-bond donors (Lipinski definition) is 0. The molecule has 0 aliphatic rings. The zero-order valence-corrected chi connectivity index (χ0v) is 7.40. The van der Waals surface area contributed by atoms with E-state index in [0.717, 1.165) is 5.30 Å². The van der Waals surface area contributed by atoms with E-state index < -0.39 is 0 Å². The molecule has 0 aromatic heterocycles. The molecular weight excluding hydrogens is 190 g/mol. The highest BCUT2D eigenvalue weighted by Crippen LogP contribution is 1.86. The predicted octanol–water partition coefficient (Wildman–Crippen LogP) is 3.03. The van der Waals surface area contributed by atoms with Crippen molar-refractivity contribution >= 4 is 38.3 Å². The zero-order valence-electron chi connectivity index (χ0n) is 5.00. The first kappa shape index (κ1) is 10.2. The summed E-state index contributed by atoms with van der Waals surface area (Å²) in [6.07, 6.45) is 0. The van der Waals surface area contributed by atoms with Crippen LogP contribution < -0.4 is 5.30 Å². The van der Waals surface area contributed by atoms with Gasteiger partial charge in [0, 0.05) is 0 Å². The summed E-state index contributed by atoms with van der Waals surface area (Å²) in [5, 5.41) is 1.02. The van der Waals surface area contributed by atoms with Crippen LogP contribution in [0.25, 0.3) is 0 Å². The molecule has 0 aliphatic carbocycles. The predicted molar refractivity (Wildman–Crippen MR) is 45.8 cm³/mol. The van der Waals surface area contributed by atoms with E-state index in [1.54, 1.807) is 0 Å². The van der Waals surface area contributed by atoms with Crippen LogP contribution in [0.1, 0.15) is 0 Å². The summed E-state index contributed by atoms with van der Waals surface area (Å²) in [5.74, 6) is 0. The molecule has 0 heterocycles. The Bertz CT molecular complexity index is 157. The van der Waals surface area contributed by atoms with Crippen molar-refractivity contribution in [2.24, 2.45) is 0 Å². The minimum absolute atomic E-state index is 1.02. The lowest BCUT2D eigenvalue weighted by molar-refractivity contribution is 0.697. The highest BCUT2D eigenvalue weighted by atomic mass is 35.6. The van der Waals surface area contributed by atoms with Crippen molar-refractivity contribution in [2.75, 3.05) is 0 Å². The lowest BCUT2D eigenvalue weighted by Gasteiger charge is -1.81. The van der Waals surface area contributed by atoms with Crippen molar-refractivity contribution < 1.29 is 3.84 Å². The maximum absolute atomic E-state index is 4.26. The van der Waals surface area contributed by atoms with Crippen LogP contribution in [-0.2, 0) is 3.84 Å². The Morgan fingerprint density at radius 1 is 1.10 bits per heavy atom. The topological polar surface area (TPSA) is 9.23 Å². The van der Waals surface area contributed by atoms with Gasteiger partial charge in [0.05, 0.1) is 23.7 Å². The second kappa shape index (κ2) is 7.30. The van der Waals surface area contributed by atoms with Gasteiger partial charge in [0.2, 0.25) is 0 Å². The first-order valence-corrected chi connectivity index (χ1v) is 3.51. The highest BCUT2D eigenvalue weighted by Gasteiger charge is 1.73. The number of benzene rings is 1. The van der Waals surface area contributed by atoms with Gasteiger partial charge in [-0.05, 0) is 14.5 Å². The van der Waals surface area contributed by atoms with Crippen molar-refractivity contribution in [1.82, 2.24) is 0 Å². The van der Waals surface area contributed by atoms with Crippen LogP contribution in [0, 0.1) is 0 Å². The Labute approximate surface area is 72.8 Å². The van der Waals surface area contributed by atoms with E-state index >= 15 is 0 Å². The summed E-state index contributed by atoms with van der Waals surface area (Å²) >= 11 is 8.53. The highest BCUT2D eigenvalue weighted by molar-refractivity contribution is 7.27. The van der Waals surface area contributed by atoms with Crippen molar-refractivity contribution in [3.63, 3.8) is 0 Å². The second-order valence-electron chi connectivity index (χ2n) is 1.39. The number of halogens is 2. The number of rotatable bonds is 0. The summed E-state index contributed by atoms with van der Waals surface area (Å²) in [4.78, 5) is 0. The molecule has 0 N–H and O–H groups in total. The van der Waals surface area contributed by atoms with Gasteiger partial charge in [-0.2, -0.15) is 3.84 Å². The summed E-state index contributed by atoms with van der Waals surface area (Å²) < 4.78 is 3.19. The average molecular weight is 195 g/mol. The van der Waals surface area contributed by atoms with Crippen LogP contribution in [-0.4, -0.2) is 0 Å². The molecule has 10 heavy (non-hydrogen) atoms. The smallest absolute Gasteiger partial charge is 0.0832 e. The van der Waals surface area contributed by atoms with Crippen LogP contribution in [0.2, 0.25) is 0 Å². The van der Waals surface area contributed by atoms with E-state index in [9.17, 15) is 0 Å². The molecule has 0 atom stereocenters. The Balaban J connectivity index is 0.000000236. The molecule has 0 saturated heterocycles. The monoisotopic (exact) mass is 194 g/mol. The second-order valence-corrected chi connectivity index (χ2v) is 2.38. The lowest BCUT2D eigenvalue weighted by atomic mass is 10.4.